The number of rotatable bonds is 3. The van der Waals surface area contributed by atoms with E-state index in [2.05, 4.69) is 15.4 Å². The summed E-state index contributed by atoms with van der Waals surface area (Å²) in [7, 11) is 0. The summed E-state index contributed by atoms with van der Waals surface area (Å²) in [4.78, 5) is 17.4. The van der Waals surface area contributed by atoms with Crippen molar-refractivity contribution in [2.24, 2.45) is 0 Å². The molecule has 1 N–H and O–H groups in total. The van der Waals surface area contributed by atoms with Gasteiger partial charge in [-0.3, -0.25) is 10.1 Å². The van der Waals surface area contributed by atoms with Crippen LogP contribution in [-0.4, -0.2) is 20.7 Å². The summed E-state index contributed by atoms with van der Waals surface area (Å²) in [6.07, 6.45) is 2.90. The maximum absolute atomic E-state index is 12.9. The molecule has 5 nitrogen and oxygen atoms in total. The van der Waals surface area contributed by atoms with Gasteiger partial charge in [0.1, 0.15) is 0 Å². The SMILES string of the molecule is O=C(Nc1nc2ccccc2s1)c1nn(-c2ccccc2)c2c1CCC2. The Balaban J connectivity index is 1.51. The van der Waals surface area contributed by atoms with Crippen molar-refractivity contribution in [2.75, 3.05) is 5.32 Å². The summed E-state index contributed by atoms with van der Waals surface area (Å²) in [5.74, 6) is -0.183. The molecule has 0 saturated carbocycles. The van der Waals surface area contributed by atoms with E-state index in [-0.39, 0.29) is 5.91 Å². The van der Waals surface area contributed by atoms with Crippen molar-refractivity contribution in [1.82, 2.24) is 14.8 Å². The molecule has 0 bridgehead atoms. The molecule has 2 aromatic heterocycles. The molecule has 1 aliphatic carbocycles. The highest BCUT2D eigenvalue weighted by molar-refractivity contribution is 7.22. The number of aromatic nitrogens is 3. The van der Waals surface area contributed by atoms with Crippen molar-refractivity contribution >= 4 is 32.6 Å². The second-order valence-electron chi connectivity index (χ2n) is 6.32. The quantitative estimate of drug-likeness (QED) is 0.595. The first-order chi connectivity index (χ1) is 12.8. The average molecular weight is 360 g/mol. The van der Waals surface area contributed by atoms with Crippen LogP contribution in [0.1, 0.15) is 28.2 Å². The maximum atomic E-state index is 12.9. The number of carbonyl (C=O) groups excluding carboxylic acids is 1. The molecule has 0 radical (unpaired) electrons. The highest BCUT2D eigenvalue weighted by Gasteiger charge is 2.27. The van der Waals surface area contributed by atoms with Gasteiger partial charge in [0.15, 0.2) is 10.8 Å². The first-order valence-corrected chi connectivity index (χ1v) is 9.44. The van der Waals surface area contributed by atoms with Crippen molar-refractivity contribution < 1.29 is 4.79 Å². The van der Waals surface area contributed by atoms with Gasteiger partial charge in [0, 0.05) is 11.3 Å². The smallest absolute Gasteiger partial charge is 0.278 e. The minimum atomic E-state index is -0.183. The van der Waals surface area contributed by atoms with Gasteiger partial charge in [-0.2, -0.15) is 5.10 Å². The third-order valence-corrected chi connectivity index (χ3v) is 5.61. The fourth-order valence-corrected chi connectivity index (χ4v) is 4.35. The predicted molar refractivity (Wildman–Crippen MR) is 103 cm³/mol. The number of hydrogen-bond acceptors (Lipinski definition) is 4. The van der Waals surface area contributed by atoms with E-state index in [9.17, 15) is 4.79 Å². The minimum absolute atomic E-state index is 0.183. The number of nitrogens with zero attached hydrogens (tertiary/aromatic N) is 3. The Bertz CT molecular complexity index is 1080. The summed E-state index contributed by atoms with van der Waals surface area (Å²) >= 11 is 1.48. The molecular weight excluding hydrogens is 344 g/mol. The van der Waals surface area contributed by atoms with Crippen LogP contribution in [0.5, 0.6) is 0 Å². The standard InChI is InChI=1S/C20H16N4OS/c25-19(22-20-21-15-10-4-5-12-17(15)26-20)18-14-9-6-11-16(14)24(23-18)13-7-2-1-3-8-13/h1-5,7-8,10,12H,6,9,11H2,(H,21,22,25). The Kier molecular flexibility index (Phi) is 3.57. The van der Waals surface area contributed by atoms with Crippen molar-refractivity contribution in [3.05, 3.63) is 71.5 Å². The van der Waals surface area contributed by atoms with E-state index < -0.39 is 0 Å². The Morgan fingerprint density at radius 1 is 1.04 bits per heavy atom. The van der Waals surface area contributed by atoms with E-state index in [0.29, 0.717) is 10.8 Å². The first kappa shape index (κ1) is 15.3. The van der Waals surface area contributed by atoms with Crippen molar-refractivity contribution in [1.29, 1.82) is 0 Å². The Morgan fingerprint density at radius 3 is 2.69 bits per heavy atom. The van der Waals surface area contributed by atoms with Gasteiger partial charge in [-0.15, -0.1) is 0 Å². The van der Waals surface area contributed by atoms with Crippen molar-refractivity contribution in [2.45, 2.75) is 19.3 Å². The highest BCUT2D eigenvalue weighted by atomic mass is 32.1. The number of amides is 1. The lowest BCUT2D eigenvalue weighted by Crippen LogP contribution is -2.14. The molecular formula is C20H16N4OS. The molecule has 0 atom stereocenters. The van der Waals surface area contributed by atoms with Crippen LogP contribution in [0, 0.1) is 0 Å². The van der Waals surface area contributed by atoms with Gasteiger partial charge in [0.2, 0.25) is 0 Å². The van der Waals surface area contributed by atoms with Crippen molar-refractivity contribution in [3.8, 4) is 5.69 Å². The summed E-state index contributed by atoms with van der Waals surface area (Å²) in [6.45, 7) is 0. The predicted octanol–water partition coefficient (Wildman–Crippen LogP) is 4.22. The van der Waals surface area contributed by atoms with Gasteiger partial charge in [0.25, 0.3) is 5.91 Å². The zero-order valence-corrected chi connectivity index (χ0v) is 14.8. The first-order valence-electron chi connectivity index (χ1n) is 8.63. The van der Waals surface area contributed by atoms with Gasteiger partial charge in [-0.05, 0) is 43.5 Å². The van der Waals surface area contributed by atoms with E-state index in [0.717, 1.165) is 46.4 Å². The molecule has 1 aliphatic rings. The van der Waals surface area contributed by atoms with Crippen LogP contribution >= 0.6 is 11.3 Å². The largest absolute Gasteiger partial charge is 0.296 e. The van der Waals surface area contributed by atoms with E-state index in [1.807, 2.05) is 59.3 Å². The van der Waals surface area contributed by atoms with Crippen LogP contribution in [0.25, 0.3) is 15.9 Å². The molecule has 0 spiro atoms. The number of fused-ring (bicyclic) bond motifs is 2. The second kappa shape index (κ2) is 6.07. The van der Waals surface area contributed by atoms with Crippen LogP contribution < -0.4 is 5.32 Å². The monoisotopic (exact) mass is 360 g/mol. The number of thiazole rings is 1. The number of benzene rings is 2. The molecule has 0 fully saturated rings. The summed E-state index contributed by atoms with van der Waals surface area (Å²) in [6, 6.07) is 17.9. The number of carbonyl (C=O) groups is 1. The van der Waals surface area contributed by atoms with E-state index in [1.165, 1.54) is 11.3 Å². The molecule has 2 heterocycles. The van der Waals surface area contributed by atoms with E-state index in [4.69, 9.17) is 0 Å². The van der Waals surface area contributed by atoms with Crippen LogP contribution in [0.15, 0.2) is 54.6 Å². The third-order valence-electron chi connectivity index (χ3n) is 4.66. The maximum Gasteiger partial charge on any atom is 0.278 e. The molecule has 5 rings (SSSR count). The molecule has 128 valence electrons. The molecule has 6 heteroatoms. The van der Waals surface area contributed by atoms with Crippen LogP contribution in [-0.2, 0) is 12.8 Å². The zero-order chi connectivity index (χ0) is 17.5. The van der Waals surface area contributed by atoms with Gasteiger partial charge in [0.05, 0.1) is 15.9 Å². The van der Waals surface area contributed by atoms with E-state index in [1.54, 1.807) is 0 Å². The molecule has 26 heavy (non-hydrogen) atoms. The molecule has 4 aromatic rings. The van der Waals surface area contributed by atoms with Gasteiger partial charge in [-0.25, -0.2) is 9.67 Å². The summed E-state index contributed by atoms with van der Waals surface area (Å²) < 4.78 is 2.97. The number of para-hydroxylation sites is 2. The zero-order valence-electron chi connectivity index (χ0n) is 14.0. The lowest BCUT2D eigenvalue weighted by molar-refractivity contribution is 0.102. The highest BCUT2D eigenvalue weighted by Crippen LogP contribution is 2.30. The summed E-state index contributed by atoms with van der Waals surface area (Å²) in [5.41, 5.74) is 4.61. The van der Waals surface area contributed by atoms with Crippen LogP contribution in [0.3, 0.4) is 0 Å². The van der Waals surface area contributed by atoms with Gasteiger partial charge in [-0.1, -0.05) is 41.7 Å². The second-order valence-corrected chi connectivity index (χ2v) is 7.35. The Labute approximate surface area is 154 Å². The van der Waals surface area contributed by atoms with Crippen molar-refractivity contribution in [3.63, 3.8) is 0 Å². The van der Waals surface area contributed by atoms with Gasteiger partial charge < -0.3 is 0 Å². The molecule has 1 amide bonds. The minimum Gasteiger partial charge on any atom is -0.296 e. The lowest BCUT2D eigenvalue weighted by Gasteiger charge is -2.04. The fraction of sp³-hybridized carbons (Fsp3) is 0.150. The number of nitrogens with one attached hydrogen (secondary N) is 1. The molecule has 2 aromatic carbocycles. The number of anilines is 1. The lowest BCUT2D eigenvalue weighted by atomic mass is 10.2. The Morgan fingerprint density at radius 2 is 1.85 bits per heavy atom. The summed E-state index contributed by atoms with van der Waals surface area (Å²) in [5, 5.41) is 8.18. The average Bonchev–Trinajstić information content (AvgIpc) is 3.36. The fourth-order valence-electron chi connectivity index (χ4n) is 3.48. The number of hydrogen-bond donors (Lipinski definition) is 1. The van der Waals surface area contributed by atoms with Crippen LogP contribution in [0.2, 0.25) is 0 Å². The molecule has 0 saturated heterocycles. The third kappa shape index (κ3) is 2.50. The van der Waals surface area contributed by atoms with E-state index >= 15 is 0 Å². The molecule has 0 unspecified atom stereocenters. The Hall–Kier alpha value is -2.99. The normalized spacial score (nSPS) is 13.1. The van der Waals surface area contributed by atoms with Gasteiger partial charge >= 0.3 is 0 Å². The van der Waals surface area contributed by atoms with Crippen LogP contribution in [0.4, 0.5) is 5.13 Å². The molecule has 0 aliphatic heterocycles. The topological polar surface area (TPSA) is 59.8 Å².